The minimum Gasteiger partial charge on any atom is -0.330 e. The number of nitrogens with two attached hydrogens (primary N) is 1. The van der Waals surface area contributed by atoms with Crippen LogP contribution in [0.3, 0.4) is 0 Å². The second-order valence-electron chi connectivity index (χ2n) is 3.35. The third-order valence-electron chi connectivity index (χ3n) is 2.49. The largest absolute Gasteiger partial charge is 0.330 e. The fraction of sp³-hybridized carbons (Fsp3) is 0.444. The van der Waals surface area contributed by atoms with Crippen molar-refractivity contribution in [2.45, 2.75) is 12.3 Å². The van der Waals surface area contributed by atoms with E-state index in [1.807, 2.05) is 12.4 Å². The molecule has 1 aliphatic rings. The molecule has 13 heavy (non-hydrogen) atoms. The summed E-state index contributed by atoms with van der Waals surface area (Å²) in [5.41, 5.74) is 6.94. The van der Waals surface area contributed by atoms with Crippen LogP contribution in [0.15, 0.2) is 21.3 Å². The van der Waals surface area contributed by atoms with Crippen molar-refractivity contribution in [2.24, 2.45) is 11.7 Å². The van der Waals surface area contributed by atoms with Crippen molar-refractivity contribution in [3.63, 3.8) is 0 Å². The van der Waals surface area contributed by atoms with Crippen LogP contribution < -0.4 is 5.73 Å². The lowest BCUT2D eigenvalue weighted by Gasteiger charge is -2.04. The SMILES string of the molecule is NCC1CC1c1c(Br)cncc1Br. The molecule has 1 aromatic rings. The summed E-state index contributed by atoms with van der Waals surface area (Å²) in [5, 5.41) is 0. The fourth-order valence-corrected chi connectivity index (χ4v) is 3.15. The molecule has 1 aromatic heterocycles. The lowest BCUT2D eigenvalue weighted by Crippen LogP contribution is -2.02. The second kappa shape index (κ2) is 3.67. The third kappa shape index (κ3) is 1.80. The van der Waals surface area contributed by atoms with Gasteiger partial charge >= 0.3 is 0 Å². The molecule has 1 aliphatic carbocycles. The Kier molecular flexibility index (Phi) is 2.72. The van der Waals surface area contributed by atoms with Crippen LogP contribution in [-0.2, 0) is 0 Å². The molecular weight excluding hydrogens is 296 g/mol. The van der Waals surface area contributed by atoms with Crippen LogP contribution in [0.1, 0.15) is 17.9 Å². The van der Waals surface area contributed by atoms with Crippen LogP contribution in [0, 0.1) is 5.92 Å². The maximum atomic E-state index is 5.62. The van der Waals surface area contributed by atoms with E-state index >= 15 is 0 Å². The molecular formula is C9H10Br2N2. The van der Waals surface area contributed by atoms with Gasteiger partial charge < -0.3 is 5.73 Å². The molecule has 0 aliphatic heterocycles. The van der Waals surface area contributed by atoms with Crippen molar-refractivity contribution in [1.29, 1.82) is 0 Å². The van der Waals surface area contributed by atoms with Crippen LogP contribution in [0.25, 0.3) is 0 Å². The van der Waals surface area contributed by atoms with Crippen molar-refractivity contribution in [3.8, 4) is 0 Å². The van der Waals surface area contributed by atoms with Gasteiger partial charge in [-0.2, -0.15) is 0 Å². The van der Waals surface area contributed by atoms with E-state index in [1.165, 1.54) is 12.0 Å². The maximum Gasteiger partial charge on any atom is 0.0413 e. The van der Waals surface area contributed by atoms with E-state index in [-0.39, 0.29) is 0 Å². The predicted octanol–water partition coefficient (Wildman–Crippen LogP) is 2.67. The summed E-state index contributed by atoms with van der Waals surface area (Å²) in [6.45, 7) is 0.784. The van der Waals surface area contributed by atoms with E-state index in [4.69, 9.17) is 5.73 Å². The quantitative estimate of drug-likeness (QED) is 0.912. The highest BCUT2D eigenvalue weighted by Crippen LogP contribution is 2.50. The fourth-order valence-electron chi connectivity index (χ4n) is 1.64. The summed E-state index contributed by atoms with van der Waals surface area (Å²) in [7, 11) is 0. The molecule has 2 rings (SSSR count). The number of hydrogen-bond donors (Lipinski definition) is 1. The Hall–Kier alpha value is 0.0700. The average Bonchev–Trinajstić information content (AvgIpc) is 2.83. The van der Waals surface area contributed by atoms with Gasteiger partial charge in [0.25, 0.3) is 0 Å². The van der Waals surface area contributed by atoms with Gasteiger partial charge in [-0.3, -0.25) is 4.98 Å². The number of halogens is 2. The van der Waals surface area contributed by atoms with Crippen molar-refractivity contribution >= 4 is 31.9 Å². The Balaban J connectivity index is 2.30. The molecule has 2 unspecified atom stereocenters. The summed E-state index contributed by atoms with van der Waals surface area (Å²) in [4.78, 5) is 4.08. The number of aromatic nitrogens is 1. The molecule has 70 valence electrons. The summed E-state index contributed by atoms with van der Waals surface area (Å²) in [6.07, 6.45) is 4.88. The molecule has 0 spiro atoms. The zero-order chi connectivity index (χ0) is 9.42. The first-order chi connectivity index (χ1) is 6.24. The van der Waals surface area contributed by atoms with Gasteiger partial charge in [0.1, 0.15) is 0 Å². The van der Waals surface area contributed by atoms with Crippen LogP contribution in [0.4, 0.5) is 0 Å². The van der Waals surface area contributed by atoms with Crippen LogP contribution in [0.2, 0.25) is 0 Å². The van der Waals surface area contributed by atoms with E-state index < -0.39 is 0 Å². The van der Waals surface area contributed by atoms with Gasteiger partial charge in [-0.05, 0) is 62.2 Å². The van der Waals surface area contributed by atoms with E-state index in [0.29, 0.717) is 11.8 Å². The molecule has 0 radical (unpaired) electrons. The molecule has 2 N–H and O–H groups in total. The first-order valence-electron chi connectivity index (χ1n) is 4.23. The third-order valence-corrected chi connectivity index (χ3v) is 3.75. The second-order valence-corrected chi connectivity index (χ2v) is 5.06. The zero-order valence-corrected chi connectivity index (χ0v) is 10.2. The monoisotopic (exact) mass is 304 g/mol. The smallest absolute Gasteiger partial charge is 0.0413 e. The average molecular weight is 306 g/mol. The number of pyridine rings is 1. The van der Waals surface area contributed by atoms with Crippen LogP contribution in [0.5, 0.6) is 0 Å². The molecule has 2 nitrogen and oxygen atoms in total. The van der Waals surface area contributed by atoms with Crippen LogP contribution in [-0.4, -0.2) is 11.5 Å². The van der Waals surface area contributed by atoms with Crippen molar-refractivity contribution in [1.82, 2.24) is 4.98 Å². The molecule has 4 heteroatoms. The molecule has 0 amide bonds. The number of rotatable bonds is 2. The van der Waals surface area contributed by atoms with E-state index in [2.05, 4.69) is 36.8 Å². The van der Waals surface area contributed by atoms with Gasteiger partial charge in [0, 0.05) is 21.3 Å². The maximum absolute atomic E-state index is 5.62. The summed E-state index contributed by atoms with van der Waals surface area (Å²) in [5.74, 6) is 1.28. The lowest BCUT2D eigenvalue weighted by atomic mass is 10.1. The summed E-state index contributed by atoms with van der Waals surface area (Å²) in [6, 6.07) is 0. The molecule has 0 bridgehead atoms. The standard InChI is InChI=1S/C9H10Br2N2/c10-7-3-13-4-8(11)9(7)6-1-5(6)2-12/h3-6H,1-2,12H2. The van der Waals surface area contributed by atoms with Gasteiger partial charge in [-0.25, -0.2) is 0 Å². The topological polar surface area (TPSA) is 38.9 Å². The molecule has 0 aromatic carbocycles. The molecule has 1 saturated carbocycles. The van der Waals surface area contributed by atoms with Crippen molar-refractivity contribution < 1.29 is 0 Å². The highest BCUT2D eigenvalue weighted by molar-refractivity contribution is 9.11. The van der Waals surface area contributed by atoms with Gasteiger partial charge in [0.05, 0.1) is 0 Å². The Morgan fingerprint density at radius 3 is 2.46 bits per heavy atom. The normalized spacial score (nSPS) is 26.1. The molecule has 0 saturated heterocycles. The van der Waals surface area contributed by atoms with Gasteiger partial charge in [0.15, 0.2) is 0 Å². The molecule has 1 heterocycles. The summed E-state index contributed by atoms with van der Waals surface area (Å²) >= 11 is 7.02. The highest BCUT2D eigenvalue weighted by atomic mass is 79.9. The van der Waals surface area contributed by atoms with Crippen LogP contribution >= 0.6 is 31.9 Å². The minimum atomic E-state index is 0.622. The highest BCUT2D eigenvalue weighted by Gasteiger charge is 2.39. The predicted molar refractivity (Wildman–Crippen MR) is 59.5 cm³/mol. The molecule has 1 fully saturated rings. The van der Waals surface area contributed by atoms with Gasteiger partial charge in [-0.1, -0.05) is 0 Å². The van der Waals surface area contributed by atoms with E-state index in [9.17, 15) is 0 Å². The Labute approximate surface area is 94.2 Å². The van der Waals surface area contributed by atoms with E-state index in [1.54, 1.807) is 0 Å². The number of nitrogens with zero attached hydrogens (tertiary/aromatic N) is 1. The van der Waals surface area contributed by atoms with Crippen molar-refractivity contribution in [2.75, 3.05) is 6.54 Å². The Bertz CT molecular complexity index is 307. The zero-order valence-electron chi connectivity index (χ0n) is 7.00. The van der Waals surface area contributed by atoms with E-state index in [0.717, 1.165) is 15.5 Å². The first kappa shape index (κ1) is 9.62. The molecule has 2 atom stereocenters. The van der Waals surface area contributed by atoms with Gasteiger partial charge in [-0.15, -0.1) is 0 Å². The Morgan fingerprint density at radius 1 is 1.38 bits per heavy atom. The Morgan fingerprint density at radius 2 is 2.00 bits per heavy atom. The van der Waals surface area contributed by atoms with Crippen molar-refractivity contribution in [3.05, 3.63) is 26.9 Å². The number of hydrogen-bond acceptors (Lipinski definition) is 2. The lowest BCUT2D eigenvalue weighted by molar-refractivity contribution is 0.805. The van der Waals surface area contributed by atoms with Gasteiger partial charge in [0.2, 0.25) is 0 Å². The minimum absolute atomic E-state index is 0.622. The summed E-state index contributed by atoms with van der Waals surface area (Å²) < 4.78 is 2.17. The first-order valence-corrected chi connectivity index (χ1v) is 5.81.